The van der Waals surface area contributed by atoms with Gasteiger partial charge in [-0.1, -0.05) is 6.92 Å². The van der Waals surface area contributed by atoms with E-state index in [4.69, 9.17) is 9.47 Å². The molecule has 4 heterocycles. The molecule has 10 heteroatoms. The second kappa shape index (κ2) is 9.71. The molecule has 5 rings (SSSR count). The van der Waals surface area contributed by atoms with E-state index in [1.54, 1.807) is 24.0 Å². The molecule has 3 aliphatic rings. The van der Waals surface area contributed by atoms with Crippen LogP contribution in [0.1, 0.15) is 85.6 Å². The van der Waals surface area contributed by atoms with Crippen LogP contribution in [-0.4, -0.2) is 60.2 Å². The molecule has 1 amide bonds. The number of sulfone groups is 1. The van der Waals surface area contributed by atoms with Crippen molar-refractivity contribution in [2.24, 2.45) is 0 Å². The van der Waals surface area contributed by atoms with Gasteiger partial charge in [-0.2, -0.15) is 0 Å². The van der Waals surface area contributed by atoms with E-state index in [2.05, 4.69) is 11.1 Å². The van der Waals surface area contributed by atoms with Crippen LogP contribution in [0.3, 0.4) is 0 Å². The van der Waals surface area contributed by atoms with Crippen molar-refractivity contribution in [2.45, 2.75) is 94.3 Å². The lowest BCUT2D eigenvalue weighted by atomic mass is 9.83. The zero-order valence-corrected chi connectivity index (χ0v) is 24.2. The molecule has 0 aromatic carbocycles. The molecule has 2 aliphatic heterocycles. The molecule has 2 fully saturated rings. The Hall–Kier alpha value is -2.30. The van der Waals surface area contributed by atoms with Crippen LogP contribution in [0.5, 0.6) is 0 Å². The first kappa shape index (κ1) is 27.3. The first-order valence-corrected chi connectivity index (χ1v) is 15.8. The Morgan fingerprint density at radius 3 is 2.45 bits per heavy atom. The minimum Gasteiger partial charge on any atom is -0.444 e. The van der Waals surface area contributed by atoms with E-state index in [-0.39, 0.29) is 28.1 Å². The van der Waals surface area contributed by atoms with Crippen molar-refractivity contribution in [3.05, 3.63) is 45.4 Å². The van der Waals surface area contributed by atoms with Gasteiger partial charge in [0.2, 0.25) is 0 Å². The molecule has 2 aromatic rings. The molecule has 0 unspecified atom stereocenters. The van der Waals surface area contributed by atoms with Crippen LogP contribution >= 0.6 is 11.3 Å². The molecule has 0 atom stereocenters. The van der Waals surface area contributed by atoms with Crippen molar-refractivity contribution in [1.29, 1.82) is 0 Å². The van der Waals surface area contributed by atoms with E-state index in [0.29, 0.717) is 44.5 Å². The average molecular weight is 561 g/mol. The summed E-state index contributed by atoms with van der Waals surface area (Å²) in [5, 5.41) is 0. The van der Waals surface area contributed by atoms with Crippen LogP contribution in [0.4, 0.5) is 4.79 Å². The molecule has 1 saturated carbocycles. The Bertz CT molecular complexity index is 1330. The number of aryl methyl sites for hydroxylation is 1. The van der Waals surface area contributed by atoms with Crippen LogP contribution < -0.4 is 0 Å². The number of nitrogens with zero attached hydrogens (tertiary/aromatic N) is 2. The van der Waals surface area contributed by atoms with Gasteiger partial charge < -0.3 is 14.4 Å². The third-order valence-corrected chi connectivity index (χ3v) is 10.7. The van der Waals surface area contributed by atoms with Crippen molar-refractivity contribution in [1.82, 2.24) is 9.88 Å². The van der Waals surface area contributed by atoms with Crippen LogP contribution in [0, 0.1) is 0 Å². The molecule has 0 radical (unpaired) electrons. The van der Waals surface area contributed by atoms with Gasteiger partial charge in [0.15, 0.2) is 15.6 Å². The summed E-state index contributed by atoms with van der Waals surface area (Å²) in [6, 6.07) is 5.31. The molecule has 8 nitrogen and oxygen atoms in total. The van der Waals surface area contributed by atoms with Crippen LogP contribution in [-0.2, 0) is 37.8 Å². The van der Waals surface area contributed by atoms with E-state index in [9.17, 15) is 18.0 Å². The van der Waals surface area contributed by atoms with Gasteiger partial charge in [-0.3, -0.25) is 9.78 Å². The monoisotopic (exact) mass is 560 g/mol. The number of hydrogen-bond acceptors (Lipinski definition) is 8. The molecule has 206 valence electrons. The highest BCUT2D eigenvalue weighted by atomic mass is 32.2. The van der Waals surface area contributed by atoms with Gasteiger partial charge in [0.25, 0.3) is 0 Å². The van der Waals surface area contributed by atoms with Crippen molar-refractivity contribution in [2.75, 3.05) is 18.8 Å². The van der Waals surface area contributed by atoms with Gasteiger partial charge in [0.1, 0.15) is 11.2 Å². The molecule has 1 saturated heterocycles. The predicted molar refractivity (Wildman–Crippen MR) is 144 cm³/mol. The fourth-order valence-corrected chi connectivity index (χ4v) is 7.48. The van der Waals surface area contributed by atoms with Gasteiger partial charge in [0.05, 0.1) is 21.1 Å². The van der Waals surface area contributed by atoms with Crippen LogP contribution in [0.25, 0.3) is 0 Å². The number of Topliss-reactive ketones (excluding diaryl/α,β-unsaturated/α-hetero) is 1. The van der Waals surface area contributed by atoms with Gasteiger partial charge in [-0.25, -0.2) is 13.2 Å². The third kappa shape index (κ3) is 5.53. The zero-order chi connectivity index (χ0) is 27.3. The number of ether oxygens (including phenoxy) is 2. The minimum atomic E-state index is -3.29. The number of piperidine rings is 1. The quantitative estimate of drug-likeness (QED) is 0.454. The number of hydrogen-bond donors (Lipinski definition) is 0. The number of carbonyl (C=O) groups excluding carboxylic acids is 2. The number of ketones is 1. The van der Waals surface area contributed by atoms with Crippen molar-refractivity contribution in [3.8, 4) is 0 Å². The number of amides is 1. The number of pyridine rings is 1. The van der Waals surface area contributed by atoms with Gasteiger partial charge in [-0.05, 0) is 76.6 Å². The van der Waals surface area contributed by atoms with Crippen molar-refractivity contribution >= 4 is 33.1 Å². The summed E-state index contributed by atoms with van der Waals surface area (Å²) in [7, 11) is -3.29. The molecule has 2 aromatic heterocycles. The lowest BCUT2D eigenvalue weighted by Gasteiger charge is -2.46. The maximum absolute atomic E-state index is 13.2. The summed E-state index contributed by atoms with van der Waals surface area (Å²) in [6.45, 7) is 8.33. The van der Waals surface area contributed by atoms with Crippen molar-refractivity contribution in [3.63, 3.8) is 0 Å². The normalized spacial score (nSPS) is 19.8. The Kier molecular flexibility index (Phi) is 6.97. The molecule has 0 N–H and O–H groups in total. The Balaban J connectivity index is 1.28. The highest BCUT2D eigenvalue weighted by Crippen LogP contribution is 2.57. The van der Waals surface area contributed by atoms with Gasteiger partial charge >= 0.3 is 6.09 Å². The molecular formula is C28H36N2O6S2. The van der Waals surface area contributed by atoms with Crippen LogP contribution in [0.15, 0.2) is 29.3 Å². The van der Waals surface area contributed by atoms with Crippen molar-refractivity contribution < 1.29 is 27.5 Å². The number of fused-ring (bicyclic) bond motifs is 2. The second-order valence-electron chi connectivity index (χ2n) is 11.7. The topological polar surface area (TPSA) is 103 Å². The summed E-state index contributed by atoms with van der Waals surface area (Å²) >= 11 is 1.53. The Morgan fingerprint density at radius 2 is 1.87 bits per heavy atom. The molecule has 2 spiro atoms. The van der Waals surface area contributed by atoms with Gasteiger partial charge in [-0.15, -0.1) is 11.3 Å². The Morgan fingerprint density at radius 1 is 1.16 bits per heavy atom. The van der Waals surface area contributed by atoms with E-state index < -0.39 is 21.0 Å². The standard InChI is InChI=1S/C28H36N2O6S2/c1-5-38(33,34)21-8-6-20(29-18-21)7-9-22(31)23-16-19-17-27(10-11-27)36-28(24(19)37-23)12-14-30(15-13-28)25(32)35-26(2,3)4/h6,8,16,18H,5,7,9-15,17H2,1-4H3. The van der Waals surface area contributed by atoms with E-state index in [1.165, 1.54) is 23.1 Å². The zero-order valence-electron chi connectivity index (χ0n) is 22.5. The summed E-state index contributed by atoms with van der Waals surface area (Å²) < 4.78 is 36.4. The average Bonchev–Trinajstić information content (AvgIpc) is 3.45. The fourth-order valence-electron chi connectivity index (χ4n) is 5.33. The number of thiophene rings is 1. The third-order valence-electron chi connectivity index (χ3n) is 7.60. The second-order valence-corrected chi connectivity index (χ2v) is 15.0. The first-order valence-electron chi connectivity index (χ1n) is 13.4. The van der Waals surface area contributed by atoms with E-state index in [0.717, 1.165) is 29.0 Å². The summed E-state index contributed by atoms with van der Waals surface area (Å²) in [4.78, 5) is 33.9. The Labute approximate surface area is 228 Å². The highest BCUT2D eigenvalue weighted by Gasteiger charge is 2.56. The number of aromatic nitrogens is 1. The molecule has 0 bridgehead atoms. The van der Waals surface area contributed by atoms with Gasteiger partial charge in [0, 0.05) is 42.7 Å². The number of carbonyl (C=O) groups is 2. The smallest absolute Gasteiger partial charge is 0.410 e. The SMILES string of the molecule is CCS(=O)(=O)c1ccc(CCC(=O)c2cc3c(s2)C2(CCN(C(=O)OC(C)(C)C)CC2)OC2(CC2)C3)nc1. The molecular weight excluding hydrogens is 524 g/mol. The highest BCUT2D eigenvalue weighted by molar-refractivity contribution is 7.91. The summed E-state index contributed by atoms with van der Waals surface area (Å²) in [5.41, 5.74) is 0.772. The lowest BCUT2D eigenvalue weighted by molar-refractivity contribution is -0.148. The summed E-state index contributed by atoms with van der Waals surface area (Å²) in [5.74, 6) is 0.0869. The largest absolute Gasteiger partial charge is 0.444 e. The minimum absolute atomic E-state index is 0.0289. The number of likely N-dealkylation sites (tertiary alicyclic amines) is 1. The maximum Gasteiger partial charge on any atom is 0.410 e. The van der Waals surface area contributed by atoms with E-state index in [1.807, 2.05) is 20.8 Å². The molecule has 38 heavy (non-hydrogen) atoms. The number of rotatable bonds is 6. The lowest BCUT2D eigenvalue weighted by Crippen LogP contribution is -2.51. The first-order chi connectivity index (χ1) is 17.8. The van der Waals surface area contributed by atoms with E-state index >= 15 is 0 Å². The molecule has 1 aliphatic carbocycles. The summed E-state index contributed by atoms with van der Waals surface area (Å²) in [6.07, 6.45) is 6.10. The maximum atomic E-state index is 13.2. The predicted octanol–water partition coefficient (Wildman–Crippen LogP) is 5.08. The fraction of sp³-hybridized carbons (Fsp3) is 0.607. The van der Waals surface area contributed by atoms with Crippen LogP contribution in [0.2, 0.25) is 0 Å².